The number of furan rings is 1. The van der Waals surface area contributed by atoms with Crippen LogP contribution in [0.3, 0.4) is 0 Å². The fourth-order valence-corrected chi connectivity index (χ4v) is 1.58. The molecule has 15 heavy (non-hydrogen) atoms. The highest BCUT2D eigenvalue weighted by Gasteiger charge is 2.14. The van der Waals surface area contributed by atoms with Gasteiger partial charge in [-0.3, -0.25) is 4.79 Å². The maximum Gasteiger partial charge on any atom is 0.254 e. The highest BCUT2D eigenvalue weighted by molar-refractivity contribution is 5.61. The highest BCUT2D eigenvalue weighted by atomic mass is 16.3. The summed E-state index contributed by atoms with van der Waals surface area (Å²) < 4.78 is 4.99. The van der Waals surface area contributed by atoms with E-state index < -0.39 is 0 Å². The summed E-state index contributed by atoms with van der Waals surface area (Å²) in [4.78, 5) is 18.4. The van der Waals surface area contributed by atoms with Crippen molar-refractivity contribution in [2.24, 2.45) is 0 Å². The molecule has 0 fully saturated rings. The molecule has 2 aromatic heterocycles. The van der Waals surface area contributed by atoms with Gasteiger partial charge < -0.3 is 9.40 Å². The average Bonchev–Trinajstić information content (AvgIpc) is 2.69. The van der Waals surface area contributed by atoms with Crippen molar-refractivity contribution in [2.75, 3.05) is 0 Å². The Morgan fingerprint density at radius 1 is 1.47 bits per heavy atom. The van der Waals surface area contributed by atoms with Crippen LogP contribution < -0.4 is 5.56 Å². The molecule has 2 rings (SSSR count). The monoisotopic (exact) mass is 204 g/mol. The van der Waals surface area contributed by atoms with Crippen molar-refractivity contribution in [3.8, 4) is 11.3 Å². The zero-order chi connectivity index (χ0) is 10.8. The van der Waals surface area contributed by atoms with Crippen molar-refractivity contribution in [2.45, 2.75) is 19.8 Å². The van der Waals surface area contributed by atoms with E-state index in [4.69, 9.17) is 4.42 Å². The van der Waals surface area contributed by atoms with Crippen molar-refractivity contribution >= 4 is 0 Å². The Labute approximate surface area is 87.0 Å². The Hall–Kier alpha value is -1.84. The molecular formula is C11H12N2O2. The van der Waals surface area contributed by atoms with Crippen LogP contribution in [0.15, 0.2) is 34.1 Å². The predicted octanol–water partition coefficient (Wildman–Crippen LogP) is 2.15. The van der Waals surface area contributed by atoms with Gasteiger partial charge >= 0.3 is 0 Å². The Morgan fingerprint density at radius 3 is 2.87 bits per heavy atom. The van der Waals surface area contributed by atoms with E-state index in [0.717, 1.165) is 5.56 Å². The van der Waals surface area contributed by atoms with Crippen LogP contribution in [0.4, 0.5) is 0 Å². The molecule has 0 aliphatic carbocycles. The van der Waals surface area contributed by atoms with Crippen LogP contribution in [0.2, 0.25) is 0 Å². The number of rotatable bonds is 2. The number of nitrogens with zero attached hydrogens (tertiary/aromatic N) is 1. The van der Waals surface area contributed by atoms with Gasteiger partial charge in [-0.1, -0.05) is 13.8 Å². The quantitative estimate of drug-likeness (QED) is 0.815. The first-order chi connectivity index (χ1) is 7.20. The van der Waals surface area contributed by atoms with Gasteiger partial charge in [0.05, 0.1) is 24.5 Å². The van der Waals surface area contributed by atoms with E-state index in [9.17, 15) is 4.79 Å². The van der Waals surface area contributed by atoms with Crippen LogP contribution in [-0.4, -0.2) is 9.97 Å². The van der Waals surface area contributed by atoms with Crippen LogP contribution >= 0.6 is 0 Å². The zero-order valence-corrected chi connectivity index (χ0v) is 8.65. The van der Waals surface area contributed by atoms with E-state index in [1.165, 1.54) is 6.33 Å². The normalized spacial score (nSPS) is 10.9. The summed E-state index contributed by atoms with van der Waals surface area (Å²) in [6, 6.07) is 1.80. The molecule has 0 radical (unpaired) electrons. The van der Waals surface area contributed by atoms with Crippen molar-refractivity contribution in [3.05, 3.63) is 40.8 Å². The van der Waals surface area contributed by atoms with Gasteiger partial charge in [-0.25, -0.2) is 4.98 Å². The summed E-state index contributed by atoms with van der Waals surface area (Å²) in [5.74, 6) is 0.132. The number of hydrogen-bond donors (Lipinski definition) is 1. The van der Waals surface area contributed by atoms with Gasteiger partial charge in [0.2, 0.25) is 0 Å². The molecular weight excluding hydrogens is 192 g/mol. The molecule has 0 unspecified atom stereocenters. The summed E-state index contributed by atoms with van der Waals surface area (Å²) >= 11 is 0. The van der Waals surface area contributed by atoms with Crippen LogP contribution in [0.5, 0.6) is 0 Å². The van der Waals surface area contributed by atoms with E-state index in [1.54, 1.807) is 18.6 Å². The third-order valence-corrected chi connectivity index (χ3v) is 2.26. The molecule has 0 atom stereocenters. The number of H-pyrrole nitrogens is 1. The molecule has 4 heteroatoms. The van der Waals surface area contributed by atoms with Crippen LogP contribution in [0, 0.1) is 0 Å². The van der Waals surface area contributed by atoms with Gasteiger partial charge in [-0.15, -0.1) is 0 Å². The topological polar surface area (TPSA) is 58.9 Å². The van der Waals surface area contributed by atoms with E-state index in [0.29, 0.717) is 11.3 Å². The first-order valence-corrected chi connectivity index (χ1v) is 4.80. The van der Waals surface area contributed by atoms with Gasteiger partial charge in [0.25, 0.3) is 5.56 Å². The average molecular weight is 204 g/mol. The molecule has 0 spiro atoms. The lowest BCUT2D eigenvalue weighted by Crippen LogP contribution is -2.16. The second kappa shape index (κ2) is 3.73. The Balaban J connectivity index is 2.67. The van der Waals surface area contributed by atoms with Crippen LogP contribution in [0.25, 0.3) is 11.3 Å². The van der Waals surface area contributed by atoms with Crippen LogP contribution in [-0.2, 0) is 0 Å². The summed E-state index contributed by atoms with van der Waals surface area (Å²) in [5, 5.41) is 0. The Bertz CT molecular complexity index is 498. The third kappa shape index (κ3) is 1.70. The smallest absolute Gasteiger partial charge is 0.254 e. The summed E-state index contributed by atoms with van der Waals surface area (Å²) in [6.07, 6.45) is 4.58. The molecule has 0 saturated heterocycles. The number of hydrogen-bond acceptors (Lipinski definition) is 3. The molecule has 78 valence electrons. The molecule has 0 aromatic carbocycles. The zero-order valence-electron chi connectivity index (χ0n) is 8.65. The van der Waals surface area contributed by atoms with Crippen LogP contribution in [0.1, 0.15) is 25.3 Å². The lowest BCUT2D eigenvalue weighted by Gasteiger charge is -2.07. The molecule has 0 amide bonds. The minimum absolute atomic E-state index is 0.0869. The van der Waals surface area contributed by atoms with Crippen molar-refractivity contribution < 1.29 is 4.42 Å². The number of aromatic amines is 1. The van der Waals surface area contributed by atoms with Gasteiger partial charge in [0.1, 0.15) is 0 Å². The highest BCUT2D eigenvalue weighted by Crippen LogP contribution is 2.23. The Kier molecular flexibility index (Phi) is 2.41. The maximum absolute atomic E-state index is 11.7. The lowest BCUT2D eigenvalue weighted by molar-refractivity contribution is 0.568. The van der Waals surface area contributed by atoms with Crippen molar-refractivity contribution in [1.29, 1.82) is 0 Å². The van der Waals surface area contributed by atoms with Gasteiger partial charge in [-0.05, 0) is 12.0 Å². The largest absolute Gasteiger partial charge is 0.472 e. The first-order valence-electron chi connectivity index (χ1n) is 4.80. The Morgan fingerprint density at radius 2 is 2.27 bits per heavy atom. The number of nitrogens with one attached hydrogen (secondary N) is 1. The molecule has 1 N–H and O–H groups in total. The third-order valence-electron chi connectivity index (χ3n) is 2.26. The van der Waals surface area contributed by atoms with E-state index in [-0.39, 0.29) is 11.5 Å². The minimum atomic E-state index is -0.0869. The van der Waals surface area contributed by atoms with E-state index in [1.807, 2.05) is 13.8 Å². The molecule has 2 heterocycles. The van der Waals surface area contributed by atoms with E-state index in [2.05, 4.69) is 9.97 Å². The molecule has 2 aromatic rings. The minimum Gasteiger partial charge on any atom is -0.472 e. The molecule has 0 bridgehead atoms. The fraction of sp³-hybridized carbons (Fsp3) is 0.273. The fourth-order valence-electron chi connectivity index (χ4n) is 1.58. The molecule has 4 nitrogen and oxygen atoms in total. The standard InChI is InChI=1S/C11H12N2O2/c1-7(2)9-10(8-3-4-15-5-8)12-6-13-11(9)14/h3-7H,1-2H3,(H,12,13,14). The SMILES string of the molecule is CC(C)c1c(-c2ccoc2)nc[nH]c1=O. The number of aromatic nitrogens is 2. The maximum atomic E-state index is 11.7. The second-order valence-corrected chi connectivity index (χ2v) is 3.66. The summed E-state index contributed by atoms with van der Waals surface area (Å²) in [7, 11) is 0. The molecule has 0 aliphatic rings. The van der Waals surface area contributed by atoms with Crippen molar-refractivity contribution in [1.82, 2.24) is 9.97 Å². The predicted molar refractivity (Wildman–Crippen MR) is 56.6 cm³/mol. The van der Waals surface area contributed by atoms with Gasteiger partial charge in [0, 0.05) is 11.1 Å². The van der Waals surface area contributed by atoms with E-state index >= 15 is 0 Å². The summed E-state index contributed by atoms with van der Waals surface area (Å²) in [5.41, 5.74) is 2.14. The molecule has 0 saturated carbocycles. The van der Waals surface area contributed by atoms with Gasteiger partial charge in [-0.2, -0.15) is 0 Å². The second-order valence-electron chi connectivity index (χ2n) is 3.66. The lowest BCUT2D eigenvalue weighted by atomic mass is 10.00. The van der Waals surface area contributed by atoms with Crippen molar-refractivity contribution in [3.63, 3.8) is 0 Å². The first kappa shape index (κ1) is 9.71. The van der Waals surface area contributed by atoms with Gasteiger partial charge in [0.15, 0.2) is 0 Å². The molecule has 0 aliphatic heterocycles. The summed E-state index contributed by atoms with van der Waals surface area (Å²) in [6.45, 7) is 3.94.